The third-order valence-electron chi connectivity index (χ3n) is 2.58. The van der Waals surface area contributed by atoms with E-state index in [1.165, 1.54) is 23.6 Å². The lowest BCUT2D eigenvalue weighted by atomic mass is 10.2. The summed E-state index contributed by atoms with van der Waals surface area (Å²) in [5.41, 5.74) is 6.06. The van der Waals surface area contributed by atoms with Crippen molar-refractivity contribution in [3.05, 3.63) is 39.2 Å². The fourth-order valence-corrected chi connectivity index (χ4v) is 2.84. The Balaban J connectivity index is 2.26. The summed E-state index contributed by atoms with van der Waals surface area (Å²) in [6.45, 7) is 0.567. The summed E-state index contributed by atoms with van der Waals surface area (Å²) < 4.78 is 0.712. The van der Waals surface area contributed by atoms with Gasteiger partial charge in [0.2, 0.25) is 0 Å². The first kappa shape index (κ1) is 13.6. The van der Waals surface area contributed by atoms with Crippen molar-refractivity contribution in [2.45, 2.75) is 6.54 Å². The van der Waals surface area contributed by atoms with Crippen molar-refractivity contribution < 1.29 is 9.90 Å². The number of nitrogens with two attached hydrogens (primary N) is 1. The molecule has 2 heterocycles. The maximum absolute atomic E-state index is 11.0. The fourth-order valence-electron chi connectivity index (χ4n) is 1.70. The zero-order valence-electron chi connectivity index (χ0n) is 10.1. The van der Waals surface area contributed by atoms with Gasteiger partial charge in [0.1, 0.15) is 0 Å². The fraction of sp³-hybridized carbons (Fsp3) is 0.167. The number of carboxylic acid groups (broad SMARTS) is 1. The van der Waals surface area contributed by atoms with Crippen molar-refractivity contribution in [3.8, 4) is 0 Å². The molecule has 0 aliphatic rings. The summed E-state index contributed by atoms with van der Waals surface area (Å²) in [6.07, 6.45) is 1.44. The average molecular weight is 298 g/mol. The van der Waals surface area contributed by atoms with Gasteiger partial charge in [0.05, 0.1) is 22.1 Å². The number of aromatic carboxylic acids is 1. The molecule has 0 radical (unpaired) electrons. The highest BCUT2D eigenvalue weighted by atomic mass is 35.5. The second-order valence-corrected chi connectivity index (χ2v) is 5.76. The molecule has 7 heteroatoms. The van der Waals surface area contributed by atoms with Gasteiger partial charge in [-0.15, -0.1) is 11.3 Å². The molecule has 5 nitrogen and oxygen atoms in total. The van der Waals surface area contributed by atoms with E-state index in [1.807, 2.05) is 12.1 Å². The van der Waals surface area contributed by atoms with Crippen molar-refractivity contribution in [1.82, 2.24) is 4.98 Å². The summed E-state index contributed by atoms with van der Waals surface area (Å²) in [5, 5.41) is 9.02. The molecule has 0 saturated heterocycles. The van der Waals surface area contributed by atoms with Crippen LogP contribution in [0, 0.1) is 0 Å². The maximum atomic E-state index is 11.0. The first-order chi connectivity index (χ1) is 8.99. The largest absolute Gasteiger partial charge is 0.478 e. The molecule has 0 bridgehead atoms. The molecule has 100 valence electrons. The normalized spacial score (nSPS) is 10.4. The highest BCUT2D eigenvalue weighted by Gasteiger charge is 2.15. The third kappa shape index (κ3) is 2.97. The van der Waals surface area contributed by atoms with Gasteiger partial charge in [0, 0.05) is 18.1 Å². The van der Waals surface area contributed by atoms with Crippen molar-refractivity contribution >= 4 is 40.4 Å². The second-order valence-electron chi connectivity index (χ2n) is 3.96. The van der Waals surface area contributed by atoms with Crippen LogP contribution in [-0.2, 0) is 6.54 Å². The Kier molecular flexibility index (Phi) is 3.92. The Morgan fingerprint density at radius 2 is 2.26 bits per heavy atom. The number of anilines is 2. The van der Waals surface area contributed by atoms with Crippen molar-refractivity contribution in [3.63, 3.8) is 0 Å². The molecule has 3 N–H and O–H groups in total. The Bertz CT molecular complexity index is 615. The van der Waals surface area contributed by atoms with E-state index >= 15 is 0 Å². The second kappa shape index (κ2) is 5.46. The van der Waals surface area contributed by atoms with E-state index in [4.69, 9.17) is 22.4 Å². The summed E-state index contributed by atoms with van der Waals surface area (Å²) >= 11 is 7.34. The number of carboxylic acids is 1. The molecule has 0 spiro atoms. The molecule has 0 aromatic carbocycles. The van der Waals surface area contributed by atoms with Crippen LogP contribution in [0.1, 0.15) is 15.2 Å². The number of hydrogen-bond acceptors (Lipinski definition) is 5. The number of thiophene rings is 1. The molecule has 0 fully saturated rings. The molecular formula is C12H12ClN3O2S. The number of hydrogen-bond donors (Lipinski definition) is 2. The van der Waals surface area contributed by atoms with Gasteiger partial charge in [-0.25, -0.2) is 9.78 Å². The number of rotatable bonds is 4. The Morgan fingerprint density at radius 3 is 2.84 bits per heavy atom. The standard InChI is InChI=1S/C12H12ClN3O2S/c1-16(6-7-2-3-9(13)19-7)11-10(14)8(12(17)18)4-5-15-11/h2-5H,6,14H2,1H3,(H,17,18). The smallest absolute Gasteiger partial charge is 0.337 e. The van der Waals surface area contributed by atoms with Crippen LogP contribution in [0.3, 0.4) is 0 Å². The van der Waals surface area contributed by atoms with E-state index in [0.29, 0.717) is 16.7 Å². The van der Waals surface area contributed by atoms with E-state index in [0.717, 1.165) is 4.88 Å². The van der Waals surface area contributed by atoms with E-state index in [1.54, 1.807) is 11.9 Å². The van der Waals surface area contributed by atoms with E-state index < -0.39 is 5.97 Å². The number of nitrogens with zero attached hydrogens (tertiary/aromatic N) is 2. The van der Waals surface area contributed by atoms with Gasteiger partial charge in [-0.05, 0) is 18.2 Å². The number of nitrogen functional groups attached to an aromatic ring is 1. The molecule has 2 rings (SSSR count). The van der Waals surface area contributed by atoms with Crippen LogP contribution in [0.15, 0.2) is 24.4 Å². The average Bonchev–Trinajstić information content (AvgIpc) is 2.74. The zero-order chi connectivity index (χ0) is 14.0. The zero-order valence-corrected chi connectivity index (χ0v) is 11.7. The molecule has 0 unspecified atom stereocenters. The van der Waals surface area contributed by atoms with Crippen LogP contribution in [0.4, 0.5) is 11.5 Å². The monoisotopic (exact) mass is 297 g/mol. The van der Waals surface area contributed by atoms with E-state index in [-0.39, 0.29) is 11.3 Å². The third-order valence-corrected chi connectivity index (χ3v) is 3.80. The lowest BCUT2D eigenvalue weighted by Gasteiger charge is -2.19. The SMILES string of the molecule is CN(Cc1ccc(Cl)s1)c1nccc(C(=O)O)c1N. The Labute approximate surface area is 119 Å². The quantitative estimate of drug-likeness (QED) is 0.907. The Morgan fingerprint density at radius 1 is 1.53 bits per heavy atom. The first-order valence-corrected chi connectivity index (χ1v) is 6.61. The molecule has 19 heavy (non-hydrogen) atoms. The minimum absolute atomic E-state index is 0.0565. The van der Waals surface area contributed by atoms with Crippen LogP contribution >= 0.6 is 22.9 Å². The lowest BCUT2D eigenvalue weighted by Crippen LogP contribution is -2.20. The van der Waals surface area contributed by atoms with Gasteiger partial charge < -0.3 is 15.7 Å². The highest BCUT2D eigenvalue weighted by Crippen LogP contribution is 2.27. The van der Waals surface area contributed by atoms with Crippen LogP contribution < -0.4 is 10.6 Å². The lowest BCUT2D eigenvalue weighted by molar-refractivity contribution is 0.0698. The highest BCUT2D eigenvalue weighted by molar-refractivity contribution is 7.16. The minimum Gasteiger partial charge on any atom is -0.478 e. The molecule has 0 amide bonds. The summed E-state index contributed by atoms with van der Waals surface area (Å²) in [6, 6.07) is 5.12. The first-order valence-electron chi connectivity index (χ1n) is 5.42. The minimum atomic E-state index is -1.06. The summed E-state index contributed by atoms with van der Waals surface area (Å²) in [7, 11) is 1.80. The molecule has 0 saturated carbocycles. The number of carbonyl (C=O) groups is 1. The van der Waals surface area contributed by atoms with Crippen LogP contribution in [-0.4, -0.2) is 23.1 Å². The molecular weight excluding hydrogens is 286 g/mol. The van der Waals surface area contributed by atoms with Crippen LogP contribution in [0.25, 0.3) is 0 Å². The van der Waals surface area contributed by atoms with E-state index in [2.05, 4.69) is 4.98 Å². The maximum Gasteiger partial charge on any atom is 0.337 e. The molecule has 0 aliphatic carbocycles. The number of halogens is 1. The van der Waals surface area contributed by atoms with Crippen LogP contribution in [0.5, 0.6) is 0 Å². The van der Waals surface area contributed by atoms with E-state index in [9.17, 15) is 4.79 Å². The van der Waals surface area contributed by atoms with Crippen molar-refractivity contribution in [1.29, 1.82) is 0 Å². The van der Waals surface area contributed by atoms with Gasteiger partial charge in [0.15, 0.2) is 5.82 Å². The predicted octanol–water partition coefficient (Wildman–Crippen LogP) is 2.71. The number of pyridine rings is 1. The predicted molar refractivity (Wildman–Crippen MR) is 77.0 cm³/mol. The van der Waals surface area contributed by atoms with Gasteiger partial charge in [-0.3, -0.25) is 0 Å². The summed E-state index contributed by atoms with van der Waals surface area (Å²) in [4.78, 5) is 18.0. The van der Waals surface area contributed by atoms with Gasteiger partial charge in [0.25, 0.3) is 0 Å². The van der Waals surface area contributed by atoms with Gasteiger partial charge in [-0.2, -0.15) is 0 Å². The molecule has 2 aromatic rings. The number of aromatic nitrogens is 1. The summed E-state index contributed by atoms with van der Waals surface area (Å²) in [5.74, 6) is -0.613. The van der Waals surface area contributed by atoms with Crippen molar-refractivity contribution in [2.24, 2.45) is 0 Å². The van der Waals surface area contributed by atoms with Gasteiger partial charge >= 0.3 is 5.97 Å². The molecule has 0 atom stereocenters. The van der Waals surface area contributed by atoms with Crippen molar-refractivity contribution in [2.75, 3.05) is 17.7 Å². The van der Waals surface area contributed by atoms with Crippen LogP contribution in [0.2, 0.25) is 4.34 Å². The Hall–Kier alpha value is -1.79. The topological polar surface area (TPSA) is 79.5 Å². The molecule has 2 aromatic heterocycles. The molecule has 0 aliphatic heterocycles. The van der Waals surface area contributed by atoms with Gasteiger partial charge in [-0.1, -0.05) is 11.6 Å².